The molecule has 0 aromatic rings. The van der Waals surface area contributed by atoms with Crippen LogP contribution in [-0.2, 0) is 4.74 Å². The van der Waals surface area contributed by atoms with Gasteiger partial charge in [-0.05, 0) is 0 Å². The minimum Gasteiger partial charge on any atom is -0.349 e. The molecule has 0 N–H and O–H groups in total. The van der Waals surface area contributed by atoms with Gasteiger partial charge in [0.15, 0.2) is 0 Å². The van der Waals surface area contributed by atoms with Crippen molar-refractivity contribution in [1.29, 1.82) is 0 Å². The molecule has 0 bridgehead atoms. The highest BCUT2D eigenvalue weighted by Crippen LogP contribution is 1.98. The van der Waals surface area contributed by atoms with Crippen LogP contribution in [0.1, 0.15) is 0 Å². The number of rotatable bonds is 3. The zero-order valence-electron chi connectivity index (χ0n) is 4.23. The molecule has 0 aliphatic carbocycles. The smallest absolute Gasteiger partial charge is 0.145 e. The molecule has 0 radical (unpaired) electrons. The second-order valence-corrected chi connectivity index (χ2v) is 1.87. The van der Waals surface area contributed by atoms with Crippen LogP contribution in [0.5, 0.6) is 0 Å². The monoisotopic (exact) mass is 152 g/mol. The number of halogens is 2. The van der Waals surface area contributed by atoms with Crippen molar-refractivity contribution in [2.24, 2.45) is 0 Å². The van der Waals surface area contributed by atoms with E-state index in [2.05, 4.69) is 5.92 Å². The van der Waals surface area contributed by atoms with Crippen LogP contribution >= 0.6 is 23.2 Å². The molecule has 1 atom stereocenters. The Kier molecular flexibility index (Phi) is 5.31. The van der Waals surface area contributed by atoms with Crippen LogP contribution in [0.3, 0.4) is 0 Å². The Morgan fingerprint density at radius 1 is 1.75 bits per heavy atom. The first-order valence-corrected chi connectivity index (χ1v) is 3.03. The molecule has 0 amide bonds. The molecule has 0 aliphatic heterocycles. The maximum absolute atomic E-state index is 5.39. The summed E-state index contributed by atoms with van der Waals surface area (Å²) in [6.07, 6.45) is 4.85. The highest BCUT2D eigenvalue weighted by molar-refractivity contribution is 6.27. The zero-order chi connectivity index (χ0) is 6.41. The van der Waals surface area contributed by atoms with Gasteiger partial charge in [-0.2, -0.15) is 0 Å². The Hall–Kier alpha value is 0.100. The predicted molar refractivity (Wildman–Crippen MR) is 35.1 cm³/mol. The van der Waals surface area contributed by atoms with Crippen LogP contribution < -0.4 is 0 Å². The van der Waals surface area contributed by atoms with Crippen molar-refractivity contribution < 1.29 is 4.74 Å². The lowest BCUT2D eigenvalue weighted by Gasteiger charge is -2.01. The van der Waals surface area contributed by atoms with Crippen LogP contribution in [0.4, 0.5) is 0 Å². The molecule has 0 aromatic carbocycles. The van der Waals surface area contributed by atoms with Gasteiger partial charge in [-0.15, -0.1) is 18.0 Å². The quantitative estimate of drug-likeness (QED) is 0.440. The molecule has 0 aromatic heterocycles. The van der Waals surface area contributed by atoms with E-state index in [4.69, 9.17) is 34.4 Å². The molecule has 0 rings (SSSR count). The van der Waals surface area contributed by atoms with E-state index in [9.17, 15) is 0 Å². The van der Waals surface area contributed by atoms with Gasteiger partial charge in [-0.25, -0.2) is 0 Å². The fourth-order valence-corrected chi connectivity index (χ4v) is 0.335. The first-order chi connectivity index (χ1) is 3.81. The van der Waals surface area contributed by atoms with Gasteiger partial charge < -0.3 is 4.74 Å². The first-order valence-electron chi connectivity index (χ1n) is 2.06. The molecule has 8 heavy (non-hydrogen) atoms. The van der Waals surface area contributed by atoms with E-state index >= 15 is 0 Å². The molecule has 0 spiro atoms. The minimum absolute atomic E-state index is 0.223. The number of hydrogen-bond acceptors (Lipinski definition) is 1. The number of ether oxygens (including phenoxy) is 1. The molecule has 1 nitrogen and oxygen atoms in total. The van der Waals surface area contributed by atoms with Crippen LogP contribution in [0, 0.1) is 12.3 Å². The third-order valence-electron chi connectivity index (χ3n) is 0.469. The Labute approximate surface area is 58.9 Å². The van der Waals surface area contributed by atoms with Crippen molar-refractivity contribution in [1.82, 2.24) is 0 Å². The fraction of sp³-hybridized carbons (Fsp3) is 0.600. The van der Waals surface area contributed by atoms with Gasteiger partial charge in [-0.1, -0.05) is 17.5 Å². The van der Waals surface area contributed by atoms with E-state index in [0.717, 1.165) is 0 Å². The maximum Gasteiger partial charge on any atom is 0.145 e. The van der Waals surface area contributed by atoms with Gasteiger partial charge in [0.05, 0.1) is 5.88 Å². The van der Waals surface area contributed by atoms with E-state index in [1.165, 1.54) is 0 Å². The summed E-state index contributed by atoms with van der Waals surface area (Å²) in [5.41, 5.74) is -0.451. The van der Waals surface area contributed by atoms with Crippen molar-refractivity contribution in [2.45, 2.75) is 5.56 Å². The standard InChI is InChI=1S/C5H6Cl2O/c1-2-3-8-5(7)4-6/h1,5H,3-4H2. The average molecular weight is 153 g/mol. The van der Waals surface area contributed by atoms with Crippen molar-refractivity contribution in [3.8, 4) is 12.3 Å². The number of alkyl halides is 2. The summed E-state index contributed by atoms with van der Waals surface area (Å²) in [5, 5.41) is 0. The Morgan fingerprint density at radius 2 is 2.38 bits per heavy atom. The van der Waals surface area contributed by atoms with Gasteiger partial charge in [0.25, 0.3) is 0 Å². The van der Waals surface area contributed by atoms with Gasteiger partial charge in [0.2, 0.25) is 0 Å². The second-order valence-electron chi connectivity index (χ2n) is 1.08. The summed E-state index contributed by atoms with van der Waals surface area (Å²) in [7, 11) is 0. The third kappa shape index (κ3) is 4.26. The predicted octanol–water partition coefficient (Wildman–Crippen LogP) is 1.44. The Balaban J connectivity index is 3.01. The van der Waals surface area contributed by atoms with Gasteiger partial charge in [-0.3, -0.25) is 0 Å². The van der Waals surface area contributed by atoms with E-state index in [1.807, 2.05) is 0 Å². The lowest BCUT2D eigenvalue weighted by atomic mass is 10.7. The lowest BCUT2D eigenvalue weighted by Crippen LogP contribution is -2.05. The average Bonchev–Trinajstić information content (AvgIpc) is 1.83. The molecule has 0 saturated carbocycles. The Bertz CT molecular complexity index is 86.9. The highest BCUT2D eigenvalue weighted by Gasteiger charge is 1.97. The molecular formula is C5H6Cl2O. The summed E-state index contributed by atoms with van der Waals surface area (Å²) in [6.45, 7) is 0.223. The van der Waals surface area contributed by atoms with Crippen molar-refractivity contribution in [3.63, 3.8) is 0 Å². The minimum atomic E-state index is -0.451. The largest absolute Gasteiger partial charge is 0.349 e. The molecule has 3 heteroatoms. The van der Waals surface area contributed by atoms with E-state index in [-0.39, 0.29) is 12.5 Å². The first kappa shape index (κ1) is 8.10. The second kappa shape index (κ2) is 5.24. The third-order valence-corrected chi connectivity index (χ3v) is 1.19. The van der Waals surface area contributed by atoms with Crippen molar-refractivity contribution in [3.05, 3.63) is 0 Å². The molecule has 0 saturated heterocycles. The normalized spacial score (nSPS) is 12.6. The van der Waals surface area contributed by atoms with E-state index in [1.54, 1.807) is 0 Å². The SMILES string of the molecule is C#CCOC(Cl)CCl. The number of hydrogen-bond donors (Lipinski definition) is 0. The van der Waals surface area contributed by atoms with Crippen molar-refractivity contribution in [2.75, 3.05) is 12.5 Å². The summed E-state index contributed by atoms with van der Waals surface area (Å²) >= 11 is 10.7. The lowest BCUT2D eigenvalue weighted by molar-refractivity contribution is 0.153. The van der Waals surface area contributed by atoms with Gasteiger partial charge in [0.1, 0.15) is 12.2 Å². The maximum atomic E-state index is 5.39. The Morgan fingerprint density at radius 3 is 2.75 bits per heavy atom. The van der Waals surface area contributed by atoms with Crippen LogP contribution in [0.25, 0.3) is 0 Å². The van der Waals surface area contributed by atoms with Crippen LogP contribution in [-0.4, -0.2) is 18.1 Å². The van der Waals surface area contributed by atoms with Gasteiger partial charge >= 0.3 is 0 Å². The molecule has 1 unspecified atom stereocenters. The van der Waals surface area contributed by atoms with E-state index in [0.29, 0.717) is 0 Å². The molecule has 0 fully saturated rings. The topological polar surface area (TPSA) is 9.23 Å². The van der Waals surface area contributed by atoms with E-state index < -0.39 is 5.56 Å². The zero-order valence-corrected chi connectivity index (χ0v) is 5.74. The summed E-state index contributed by atoms with van der Waals surface area (Å²) < 4.78 is 4.74. The number of terminal acetylenes is 1. The van der Waals surface area contributed by atoms with Crippen LogP contribution in [0.15, 0.2) is 0 Å². The molecule has 0 heterocycles. The summed E-state index contributed by atoms with van der Waals surface area (Å²) in [4.78, 5) is 0. The summed E-state index contributed by atoms with van der Waals surface area (Å²) in [6, 6.07) is 0. The molecule has 46 valence electrons. The molecular weight excluding hydrogens is 147 g/mol. The summed E-state index contributed by atoms with van der Waals surface area (Å²) in [5.74, 6) is 2.53. The molecule has 0 aliphatic rings. The highest BCUT2D eigenvalue weighted by atomic mass is 35.5. The fourth-order valence-electron chi connectivity index (χ4n) is 0.183. The van der Waals surface area contributed by atoms with Crippen molar-refractivity contribution >= 4 is 23.2 Å². The van der Waals surface area contributed by atoms with Gasteiger partial charge in [0, 0.05) is 0 Å². The van der Waals surface area contributed by atoms with Crippen LogP contribution in [0.2, 0.25) is 0 Å².